The second-order valence-electron chi connectivity index (χ2n) is 9.31. The first-order valence-corrected chi connectivity index (χ1v) is 11.7. The van der Waals surface area contributed by atoms with Crippen molar-refractivity contribution < 1.29 is 19.1 Å². The number of piperidine rings is 2. The van der Waals surface area contributed by atoms with Crippen LogP contribution in [0.4, 0.5) is 5.82 Å². The maximum absolute atomic E-state index is 13.6. The Hall–Kier alpha value is -3.62. The number of anilines is 1. The number of para-hydroxylation sites is 1. The zero-order valence-corrected chi connectivity index (χ0v) is 19.3. The number of nitrogens with zero attached hydrogens (tertiary/aromatic N) is 3. The van der Waals surface area contributed by atoms with E-state index < -0.39 is 11.3 Å². The third-order valence-corrected chi connectivity index (χ3v) is 7.29. The highest BCUT2D eigenvalue weighted by molar-refractivity contribution is 6.18. The number of esters is 1. The summed E-state index contributed by atoms with van der Waals surface area (Å²) in [5.74, 6) is 0.0277. The van der Waals surface area contributed by atoms with Crippen molar-refractivity contribution in [1.82, 2.24) is 14.9 Å². The van der Waals surface area contributed by atoms with Crippen LogP contribution in [0.5, 0.6) is 0 Å². The molecule has 1 unspecified atom stereocenters. The number of benzene rings is 1. The van der Waals surface area contributed by atoms with Crippen LogP contribution >= 0.6 is 0 Å². The van der Waals surface area contributed by atoms with Crippen molar-refractivity contribution in [2.75, 3.05) is 38.2 Å². The normalized spacial score (nSPS) is 20.9. The van der Waals surface area contributed by atoms with Gasteiger partial charge in [0.25, 0.3) is 5.91 Å². The summed E-state index contributed by atoms with van der Waals surface area (Å²) in [5, 5.41) is 1.83. The number of carbonyl (C=O) groups excluding carboxylic acids is 3. The standard InChI is InChI=1S/C25H29N5O4/c1-34-19(31)8-13-29-11-4-9-25(24(29)33)10-5-12-30(15-25)23-20-16-6-2-3-7-18(16)28-21(20)17(14-27-23)22(26)32/h2-3,6-7,14,28H,4-5,8-13,15H2,1H3,(H2,26,32). The summed E-state index contributed by atoms with van der Waals surface area (Å²) >= 11 is 0. The van der Waals surface area contributed by atoms with Crippen LogP contribution in [-0.4, -0.2) is 65.9 Å². The van der Waals surface area contributed by atoms with Gasteiger partial charge in [-0.05, 0) is 31.7 Å². The van der Waals surface area contributed by atoms with Crippen LogP contribution in [0.3, 0.4) is 0 Å². The molecule has 1 aromatic carbocycles. The minimum Gasteiger partial charge on any atom is -0.469 e. The lowest BCUT2D eigenvalue weighted by atomic mass is 9.73. The molecule has 0 bridgehead atoms. The summed E-state index contributed by atoms with van der Waals surface area (Å²) in [7, 11) is 1.36. The molecule has 9 heteroatoms. The minimum atomic E-state index is -0.533. The minimum absolute atomic E-state index is 0.108. The smallest absolute Gasteiger partial charge is 0.307 e. The number of aromatic nitrogens is 2. The number of methoxy groups -OCH3 is 1. The molecule has 3 N–H and O–H groups in total. The molecular formula is C25H29N5O4. The molecular weight excluding hydrogens is 434 g/mol. The van der Waals surface area contributed by atoms with E-state index in [0.29, 0.717) is 30.7 Å². The van der Waals surface area contributed by atoms with Crippen molar-refractivity contribution >= 4 is 45.4 Å². The average molecular weight is 464 g/mol. The lowest BCUT2D eigenvalue weighted by Gasteiger charge is -2.47. The molecule has 2 aliphatic heterocycles. The van der Waals surface area contributed by atoms with Crippen molar-refractivity contribution in [1.29, 1.82) is 0 Å². The van der Waals surface area contributed by atoms with Crippen LogP contribution in [0.1, 0.15) is 42.5 Å². The topological polar surface area (TPSA) is 122 Å². The number of carbonyl (C=O) groups is 3. The maximum atomic E-state index is 13.6. The van der Waals surface area contributed by atoms with Gasteiger partial charge in [-0.25, -0.2) is 4.98 Å². The molecule has 2 fully saturated rings. The number of hydrogen-bond donors (Lipinski definition) is 2. The molecule has 5 rings (SSSR count). The van der Waals surface area contributed by atoms with E-state index in [1.807, 2.05) is 29.2 Å². The highest BCUT2D eigenvalue weighted by Gasteiger charge is 2.47. The Morgan fingerprint density at radius 1 is 1.21 bits per heavy atom. The average Bonchev–Trinajstić information content (AvgIpc) is 3.24. The molecule has 1 atom stereocenters. The predicted octanol–water partition coefficient (Wildman–Crippen LogP) is 2.59. The van der Waals surface area contributed by atoms with Gasteiger partial charge in [0.2, 0.25) is 5.91 Å². The van der Waals surface area contributed by atoms with Gasteiger partial charge in [-0.1, -0.05) is 18.2 Å². The van der Waals surface area contributed by atoms with Crippen molar-refractivity contribution in [3.8, 4) is 0 Å². The van der Waals surface area contributed by atoms with Crippen LogP contribution in [0, 0.1) is 5.41 Å². The molecule has 3 aromatic rings. The number of amides is 2. The van der Waals surface area contributed by atoms with E-state index in [1.54, 1.807) is 0 Å². The first kappa shape index (κ1) is 22.2. The zero-order valence-electron chi connectivity index (χ0n) is 19.3. The Morgan fingerprint density at radius 3 is 2.74 bits per heavy atom. The van der Waals surface area contributed by atoms with Crippen molar-refractivity contribution in [2.24, 2.45) is 11.1 Å². The van der Waals surface area contributed by atoms with E-state index >= 15 is 0 Å². The molecule has 0 aliphatic carbocycles. The third-order valence-electron chi connectivity index (χ3n) is 7.29. The number of nitrogens with one attached hydrogen (secondary N) is 1. The third kappa shape index (κ3) is 3.65. The number of rotatable bonds is 5. The summed E-state index contributed by atoms with van der Waals surface area (Å²) in [6.07, 6.45) is 5.12. The first-order valence-electron chi connectivity index (χ1n) is 11.7. The number of aromatic amines is 1. The van der Waals surface area contributed by atoms with Gasteiger partial charge in [0.1, 0.15) is 5.82 Å². The van der Waals surface area contributed by atoms with E-state index in [2.05, 4.69) is 14.9 Å². The Bertz CT molecular complexity index is 1280. The molecule has 2 aromatic heterocycles. The fourth-order valence-corrected chi connectivity index (χ4v) is 5.64. The highest BCUT2D eigenvalue weighted by Crippen LogP contribution is 2.43. The number of H-pyrrole nitrogens is 1. The second-order valence-corrected chi connectivity index (χ2v) is 9.31. The van der Waals surface area contributed by atoms with Crippen molar-refractivity contribution in [3.63, 3.8) is 0 Å². The number of hydrogen-bond acceptors (Lipinski definition) is 6. The molecule has 9 nitrogen and oxygen atoms in total. The molecule has 2 saturated heterocycles. The van der Waals surface area contributed by atoms with Gasteiger partial charge in [-0.3, -0.25) is 14.4 Å². The van der Waals surface area contributed by atoms with E-state index in [1.165, 1.54) is 13.3 Å². The monoisotopic (exact) mass is 463 g/mol. The molecule has 34 heavy (non-hydrogen) atoms. The number of ether oxygens (including phenoxy) is 1. The number of pyridine rings is 1. The van der Waals surface area contributed by atoms with Gasteiger partial charge >= 0.3 is 5.97 Å². The molecule has 1 spiro atoms. The number of nitrogens with two attached hydrogens (primary N) is 1. The number of primary amides is 1. The summed E-state index contributed by atoms with van der Waals surface area (Å²) in [5.41, 5.74) is 7.07. The van der Waals surface area contributed by atoms with Gasteiger partial charge in [0.15, 0.2) is 0 Å². The second kappa shape index (κ2) is 8.62. The number of likely N-dealkylation sites (tertiary alicyclic amines) is 1. The molecule has 2 amide bonds. The van der Waals surface area contributed by atoms with Crippen molar-refractivity contribution in [2.45, 2.75) is 32.1 Å². The van der Waals surface area contributed by atoms with E-state index in [0.717, 1.165) is 54.3 Å². The number of fused-ring (bicyclic) bond motifs is 3. The van der Waals surface area contributed by atoms with Gasteiger partial charge in [-0.15, -0.1) is 0 Å². The Kier molecular flexibility index (Phi) is 5.63. The first-order chi connectivity index (χ1) is 16.4. The van der Waals surface area contributed by atoms with Crippen molar-refractivity contribution in [3.05, 3.63) is 36.0 Å². The Balaban J connectivity index is 1.51. The Labute approximate surface area is 197 Å². The summed E-state index contributed by atoms with van der Waals surface area (Å²) in [6, 6.07) is 7.86. The fourth-order valence-electron chi connectivity index (χ4n) is 5.64. The van der Waals surface area contributed by atoms with E-state index in [9.17, 15) is 14.4 Å². The van der Waals surface area contributed by atoms with Gasteiger partial charge < -0.3 is 25.3 Å². The maximum Gasteiger partial charge on any atom is 0.307 e. The molecule has 4 heterocycles. The lowest BCUT2D eigenvalue weighted by molar-refractivity contribution is -0.149. The molecule has 0 saturated carbocycles. The van der Waals surface area contributed by atoms with Crippen LogP contribution in [0.15, 0.2) is 30.5 Å². The van der Waals surface area contributed by atoms with E-state index in [4.69, 9.17) is 10.5 Å². The summed E-state index contributed by atoms with van der Waals surface area (Å²) in [4.78, 5) is 49.4. The largest absolute Gasteiger partial charge is 0.469 e. The van der Waals surface area contributed by atoms with Crippen LogP contribution in [0.2, 0.25) is 0 Å². The highest BCUT2D eigenvalue weighted by atomic mass is 16.5. The predicted molar refractivity (Wildman–Crippen MR) is 128 cm³/mol. The van der Waals surface area contributed by atoms with Crippen LogP contribution in [0.25, 0.3) is 21.8 Å². The molecule has 2 aliphatic rings. The zero-order chi connectivity index (χ0) is 23.9. The van der Waals surface area contributed by atoms with Gasteiger partial charge in [0, 0.05) is 43.3 Å². The lowest BCUT2D eigenvalue weighted by Crippen LogP contribution is -2.56. The van der Waals surface area contributed by atoms with Crippen LogP contribution < -0.4 is 10.6 Å². The quantitative estimate of drug-likeness (QED) is 0.561. The van der Waals surface area contributed by atoms with Gasteiger partial charge in [0.05, 0.1) is 35.4 Å². The molecule has 0 radical (unpaired) electrons. The van der Waals surface area contributed by atoms with Gasteiger partial charge in [-0.2, -0.15) is 0 Å². The SMILES string of the molecule is COC(=O)CCN1CCCC2(CCCN(c3ncc(C(N)=O)c4[nH]c5ccccc5c34)C2)C1=O. The van der Waals surface area contributed by atoms with Crippen LogP contribution in [-0.2, 0) is 14.3 Å². The Morgan fingerprint density at radius 2 is 1.97 bits per heavy atom. The summed E-state index contributed by atoms with van der Waals surface area (Å²) in [6.45, 7) is 2.37. The van der Waals surface area contributed by atoms with E-state index in [-0.39, 0.29) is 18.3 Å². The summed E-state index contributed by atoms with van der Waals surface area (Å²) < 4.78 is 4.75. The fraction of sp³-hybridized carbons (Fsp3) is 0.440. The molecule has 178 valence electrons.